The van der Waals surface area contributed by atoms with Crippen LogP contribution in [0, 0.1) is 0 Å². The van der Waals surface area contributed by atoms with E-state index in [2.05, 4.69) is 25.7 Å². The van der Waals surface area contributed by atoms with Crippen molar-refractivity contribution in [3.05, 3.63) is 157 Å². The first-order chi connectivity index (χ1) is 25.9. The van der Waals surface area contributed by atoms with Crippen molar-refractivity contribution >= 4 is 23.3 Å². The van der Waals surface area contributed by atoms with Gasteiger partial charge in [-0.1, -0.05) is 66.7 Å². The molecule has 0 saturated carbocycles. The van der Waals surface area contributed by atoms with Crippen LogP contribution in [0.4, 0.5) is 11.4 Å². The van der Waals surface area contributed by atoms with Gasteiger partial charge in [0.15, 0.2) is 0 Å². The summed E-state index contributed by atoms with van der Waals surface area (Å²) in [6.07, 6.45) is 0. The number of nitrogens with one attached hydrogen (secondary N) is 1. The van der Waals surface area contributed by atoms with Gasteiger partial charge in [0.05, 0.1) is 22.4 Å². The minimum Gasteiger partial charge on any atom is -0.478 e. The monoisotopic (exact) mass is 697 g/mol. The topological polar surface area (TPSA) is 164 Å². The van der Waals surface area contributed by atoms with E-state index < -0.39 is 11.9 Å². The zero-order chi connectivity index (χ0) is 36.3. The van der Waals surface area contributed by atoms with Crippen LogP contribution in [-0.4, -0.2) is 42.5 Å². The summed E-state index contributed by atoms with van der Waals surface area (Å²) in [6, 6.07) is 44.1. The SMILES string of the molecule is O=C(O)c1ccc(-c2nnc(-c3cc(-c4ccc(-c5ccccc5-c5nnc(-c6ccc(C(=O)O)cc6)o5)cc4)ccc3Nc3ccccc3)o2)cc1. The fourth-order valence-electron chi connectivity index (χ4n) is 5.86. The summed E-state index contributed by atoms with van der Waals surface area (Å²) in [6.45, 7) is 0. The Hall–Kier alpha value is -7.66. The molecule has 0 aliphatic heterocycles. The Morgan fingerprint density at radius 2 is 0.887 bits per heavy atom. The molecule has 0 radical (unpaired) electrons. The molecule has 2 heterocycles. The average molecular weight is 698 g/mol. The van der Waals surface area contributed by atoms with Crippen LogP contribution >= 0.6 is 0 Å². The van der Waals surface area contributed by atoms with E-state index >= 15 is 0 Å². The van der Waals surface area contributed by atoms with Gasteiger partial charge in [-0.05, 0) is 101 Å². The van der Waals surface area contributed by atoms with Gasteiger partial charge < -0.3 is 24.4 Å². The Bertz CT molecular complexity index is 2580. The van der Waals surface area contributed by atoms with Crippen molar-refractivity contribution in [2.45, 2.75) is 0 Å². The Kier molecular flexibility index (Phi) is 8.55. The summed E-state index contributed by atoms with van der Waals surface area (Å²) in [5.41, 5.74) is 8.34. The number of aromatic carboxylic acids is 2. The number of hydrogen-bond donors (Lipinski definition) is 3. The maximum atomic E-state index is 11.3. The molecule has 0 aliphatic carbocycles. The van der Waals surface area contributed by atoms with E-state index in [0.717, 1.165) is 39.2 Å². The third kappa shape index (κ3) is 6.77. The number of carbonyl (C=O) groups is 2. The molecule has 0 unspecified atom stereocenters. The quantitative estimate of drug-likeness (QED) is 0.125. The van der Waals surface area contributed by atoms with Gasteiger partial charge in [0.2, 0.25) is 23.6 Å². The van der Waals surface area contributed by atoms with Crippen LogP contribution in [0.25, 0.3) is 68.1 Å². The van der Waals surface area contributed by atoms with E-state index in [1.165, 1.54) is 24.3 Å². The number of aromatic nitrogens is 4. The zero-order valence-corrected chi connectivity index (χ0v) is 27.7. The number of carboxylic acids is 2. The van der Waals surface area contributed by atoms with Gasteiger partial charge in [-0.25, -0.2) is 9.59 Å². The Balaban J connectivity index is 1.10. The zero-order valence-electron chi connectivity index (χ0n) is 27.7. The Morgan fingerprint density at radius 3 is 1.45 bits per heavy atom. The highest BCUT2D eigenvalue weighted by Crippen LogP contribution is 2.37. The maximum Gasteiger partial charge on any atom is 0.335 e. The summed E-state index contributed by atoms with van der Waals surface area (Å²) in [4.78, 5) is 22.6. The molecule has 11 heteroatoms. The van der Waals surface area contributed by atoms with Crippen molar-refractivity contribution in [1.29, 1.82) is 0 Å². The first kappa shape index (κ1) is 32.5. The molecule has 8 aromatic rings. The minimum absolute atomic E-state index is 0.163. The van der Waals surface area contributed by atoms with Crippen LogP contribution in [0.5, 0.6) is 0 Å². The number of benzene rings is 6. The van der Waals surface area contributed by atoms with Crippen LogP contribution in [0.2, 0.25) is 0 Å². The molecule has 0 amide bonds. The second kappa shape index (κ2) is 13.9. The predicted octanol–water partition coefficient (Wildman–Crippen LogP) is 9.59. The number of anilines is 2. The smallest absolute Gasteiger partial charge is 0.335 e. The Labute approximate surface area is 301 Å². The van der Waals surface area contributed by atoms with Gasteiger partial charge in [0.1, 0.15) is 0 Å². The fourth-order valence-corrected chi connectivity index (χ4v) is 5.86. The molecule has 11 nitrogen and oxygen atoms in total. The van der Waals surface area contributed by atoms with E-state index in [0.29, 0.717) is 28.5 Å². The van der Waals surface area contributed by atoms with Gasteiger partial charge in [0, 0.05) is 22.4 Å². The van der Waals surface area contributed by atoms with Gasteiger partial charge in [-0.3, -0.25) is 0 Å². The van der Waals surface area contributed by atoms with E-state index in [9.17, 15) is 19.8 Å². The van der Waals surface area contributed by atoms with Crippen molar-refractivity contribution in [3.63, 3.8) is 0 Å². The van der Waals surface area contributed by atoms with E-state index in [-0.39, 0.29) is 22.9 Å². The molecule has 0 spiro atoms. The summed E-state index contributed by atoms with van der Waals surface area (Å²) in [5, 5.41) is 39.1. The van der Waals surface area contributed by atoms with Crippen molar-refractivity contribution in [2.24, 2.45) is 0 Å². The van der Waals surface area contributed by atoms with E-state index in [4.69, 9.17) is 8.83 Å². The molecule has 0 aliphatic rings. The highest BCUT2D eigenvalue weighted by Gasteiger charge is 2.18. The van der Waals surface area contributed by atoms with Crippen molar-refractivity contribution in [1.82, 2.24) is 20.4 Å². The van der Waals surface area contributed by atoms with Crippen LogP contribution in [0.15, 0.2) is 154 Å². The molecule has 53 heavy (non-hydrogen) atoms. The highest BCUT2D eigenvalue weighted by molar-refractivity contribution is 5.89. The van der Waals surface area contributed by atoms with Crippen LogP contribution in [-0.2, 0) is 0 Å². The molecule has 2 aromatic heterocycles. The first-order valence-corrected chi connectivity index (χ1v) is 16.4. The largest absolute Gasteiger partial charge is 0.478 e. The second-order valence-corrected chi connectivity index (χ2v) is 12.0. The third-order valence-corrected chi connectivity index (χ3v) is 8.60. The molecule has 3 N–H and O–H groups in total. The van der Waals surface area contributed by atoms with Crippen molar-refractivity contribution in [2.75, 3.05) is 5.32 Å². The van der Waals surface area contributed by atoms with E-state index in [1.54, 1.807) is 24.3 Å². The second-order valence-electron chi connectivity index (χ2n) is 12.0. The van der Waals surface area contributed by atoms with Crippen molar-refractivity contribution < 1.29 is 28.6 Å². The third-order valence-electron chi connectivity index (χ3n) is 8.60. The molecule has 0 bridgehead atoms. The molecule has 0 atom stereocenters. The molecular formula is C42H27N5O6. The van der Waals surface area contributed by atoms with Crippen molar-refractivity contribution in [3.8, 4) is 68.1 Å². The number of hydrogen-bond acceptors (Lipinski definition) is 9. The van der Waals surface area contributed by atoms with Crippen LogP contribution < -0.4 is 5.32 Å². The Morgan fingerprint density at radius 1 is 0.434 bits per heavy atom. The minimum atomic E-state index is -1.02. The van der Waals surface area contributed by atoms with Gasteiger partial charge in [-0.2, -0.15) is 0 Å². The lowest BCUT2D eigenvalue weighted by atomic mass is 9.96. The van der Waals surface area contributed by atoms with E-state index in [1.807, 2.05) is 97.1 Å². The average Bonchev–Trinajstić information content (AvgIpc) is 3.90. The molecule has 8 rings (SSSR count). The van der Waals surface area contributed by atoms with Gasteiger partial charge in [-0.15, -0.1) is 20.4 Å². The number of carboxylic acid groups (broad SMARTS) is 2. The fraction of sp³-hybridized carbons (Fsp3) is 0. The summed E-state index contributed by atoms with van der Waals surface area (Å²) < 4.78 is 12.2. The van der Waals surface area contributed by atoms with Gasteiger partial charge in [0.25, 0.3) is 0 Å². The van der Waals surface area contributed by atoms with Crippen LogP contribution in [0.3, 0.4) is 0 Å². The molecule has 0 saturated heterocycles. The summed E-state index contributed by atoms with van der Waals surface area (Å²) >= 11 is 0. The summed E-state index contributed by atoms with van der Waals surface area (Å²) in [7, 11) is 0. The number of nitrogens with zero attached hydrogens (tertiary/aromatic N) is 4. The lowest BCUT2D eigenvalue weighted by Gasteiger charge is -2.13. The lowest BCUT2D eigenvalue weighted by molar-refractivity contribution is 0.0686. The standard InChI is InChI=1S/C42H27N5O6/c48-41(49)29-18-14-27(15-19-29)37-44-46-39(52-37)34-9-5-4-8-33(34)26-12-10-25(11-13-26)31-22-23-36(43-32-6-2-1-3-7-32)35(24-31)40-47-45-38(53-40)28-16-20-30(21-17-28)42(50)51/h1-24,43H,(H,48,49)(H,50,51). The molecule has 0 fully saturated rings. The molecular weight excluding hydrogens is 670 g/mol. The lowest BCUT2D eigenvalue weighted by Crippen LogP contribution is -1.94. The first-order valence-electron chi connectivity index (χ1n) is 16.4. The number of para-hydroxylation sites is 1. The highest BCUT2D eigenvalue weighted by atomic mass is 16.4. The summed E-state index contributed by atoms with van der Waals surface area (Å²) in [5.74, 6) is -0.842. The van der Waals surface area contributed by atoms with Gasteiger partial charge >= 0.3 is 11.9 Å². The molecule has 6 aromatic carbocycles. The molecule has 256 valence electrons. The van der Waals surface area contributed by atoms with Crippen LogP contribution in [0.1, 0.15) is 20.7 Å². The predicted molar refractivity (Wildman–Crippen MR) is 198 cm³/mol. The number of rotatable bonds is 10. The normalized spacial score (nSPS) is 10.9. The maximum absolute atomic E-state index is 11.3.